The summed E-state index contributed by atoms with van der Waals surface area (Å²) in [4.78, 5) is 11.4. The van der Waals surface area contributed by atoms with Crippen LogP contribution in [0.25, 0.3) is 0 Å². The lowest BCUT2D eigenvalue weighted by Gasteiger charge is -2.20. The van der Waals surface area contributed by atoms with Crippen LogP contribution in [0.1, 0.15) is 30.6 Å². The number of anilines is 2. The number of nitrogens with zero attached hydrogens (tertiary/aromatic N) is 1. The first kappa shape index (κ1) is 12.7. The normalized spacial score (nSPS) is 15.4. The van der Waals surface area contributed by atoms with Crippen LogP contribution >= 0.6 is 0 Å². The first-order valence-corrected chi connectivity index (χ1v) is 6.51. The number of aromatic amines is 1. The molecule has 0 bridgehead atoms. The van der Waals surface area contributed by atoms with Crippen molar-refractivity contribution >= 4 is 17.3 Å². The van der Waals surface area contributed by atoms with Gasteiger partial charge in [-0.3, -0.25) is 9.89 Å². The smallest absolute Gasteiger partial charge is 0.224 e. The van der Waals surface area contributed by atoms with Crippen molar-refractivity contribution < 1.29 is 9.18 Å². The summed E-state index contributed by atoms with van der Waals surface area (Å²) in [5, 5.41) is 12.6. The summed E-state index contributed by atoms with van der Waals surface area (Å²) < 4.78 is 14.1. The minimum absolute atomic E-state index is 0.0309. The molecule has 1 aromatic carbocycles. The van der Waals surface area contributed by atoms with Gasteiger partial charge >= 0.3 is 0 Å². The summed E-state index contributed by atoms with van der Waals surface area (Å²) >= 11 is 0. The molecule has 2 heterocycles. The summed E-state index contributed by atoms with van der Waals surface area (Å²) in [6.45, 7) is 1.91. The summed E-state index contributed by atoms with van der Waals surface area (Å²) in [7, 11) is 0. The van der Waals surface area contributed by atoms with Gasteiger partial charge in [-0.25, -0.2) is 4.39 Å². The number of hydrogen-bond acceptors (Lipinski definition) is 3. The van der Waals surface area contributed by atoms with Crippen LogP contribution in [-0.4, -0.2) is 16.1 Å². The molecule has 3 N–H and O–H groups in total. The molecule has 1 amide bonds. The van der Waals surface area contributed by atoms with Crippen molar-refractivity contribution in [3.8, 4) is 0 Å². The van der Waals surface area contributed by atoms with E-state index in [4.69, 9.17) is 0 Å². The van der Waals surface area contributed by atoms with E-state index in [0.29, 0.717) is 24.2 Å². The lowest BCUT2D eigenvalue weighted by Crippen LogP contribution is -2.19. The lowest BCUT2D eigenvalue weighted by atomic mass is 10.0. The monoisotopic (exact) mass is 274 g/mol. The maximum atomic E-state index is 14.1. The zero-order valence-corrected chi connectivity index (χ0v) is 11.0. The molecule has 0 spiro atoms. The molecule has 0 saturated heterocycles. The molecule has 0 saturated carbocycles. The first-order valence-electron chi connectivity index (χ1n) is 6.51. The van der Waals surface area contributed by atoms with E-state index >= 15 is 0 Å². The largest absolute Gasteiger partial charge is 0.375 e. The Balaban J connectivity index is 1.86. The minimum Gasteiger partial charge on any atom is -0.375 e. The molecule has 0 aliphatic carbocycles. The van der Waals surface area contributed by atoms with E-state index < -0.39 is 0 Å². The highest BCUT2D eigenvalue weighted by molar-refractivity contribution is 5.94. The summed E-state index contributed by atoms with van der Waals surface area (Å²) in [5.74, 6) is -0.345. The van der Waals surface area contributed by atoms with E-state index in [1.54, 1.807) is 12.3 Å². The number of aryl methyl sites for hydroxylation is 1. The molecule has 0 fully saturated rings. The fourth-order valence-electron chi connectivity index (χ4n) is 2.33. The molecular formula is C14H15FN4O. The van der Waals surface area contributed by atoms with Crippen LogP contribution in [0.5, 0.6) is 0 Å². The molecule has 104 valence electrons. The van der Waals surface area contributed by atoms with Crippen LogP contribution < -0.4 is 10.6 Å². The molecule has 1 aliphatic heterocycles. The Hall–Kier alpha value is -2.37. The number of hydrogen-bond donors (Lipinski definition) is 3. The van der Waals surface area contributed by atoms with Crippen LogP contribution in [0.3, 0.4) is 0 Å². The minimum atomic E-state index is -0.314. The van der Waals surface area contributed by atoms with Crippen LogP contribution in [0.15, 0.2) is 24.4 Å². The Labute approximate surface area is 115 Å². The van der Waals surface area contributed by atoms with Gasteiger partial charge in [0.25, 0.3) is 0 Å². The average molecular weight is 274 g/mol. The fourth-order valence-corrected chi connectivity index (χ4v) is 2.33. The fraction of sp³-hybridized carbons (Fsp3) is 0.286. The Bertz CT molecular complexity index is 639. The quantitative estimate of drug-likeness (QED) is 0.805. The zero-order chi connectivity index (χ0) is 14.1. The molecule has 2 aromatic rings. The van der Waals surface area contributed by atoms with Gasteiger partial charge < -0.3 is 10.6 Å². The molecule has 20 heavy (non-hydrogen) atoms. The molecule has 1 atom stereocenters. The first-order chi connectivity index (χ1) is 9.63. The Morgan fingerprint density at radius 1 is 1.40 bits per heavy atom. The number of carbonyl (C=O) groups excluding carboxylic acids is 1. The Morgan fingerprint density at radius 2 is 2.25 bits per heavy atom. The summed E-state index contributed by atoms with van der Waals surface area (Å²) in [5.41, 5.74) is 2.75. The predicted octanol–water partition coefficient (Wildman–Crippen LogP) is 2.61. The highest BCUT2D eigenvalue weighted by Gasteiger charge is 2.18. The van der Waals surface area contributed by atoms with Gasteiger partial charge in [-0.15, -0.1) is 0 Å². The van der Waals surface area contributed by atoms with E-state index in [9.17, 15) is 9.18 Å². The topological polar surface area (TPSA) is 69.8 Å². The van der Waals surface area contributed by atoms with E-state index in [1.807, 2.05) is 13.0 Å². The molecule has 6 heteroatoms. The molecule has 0 radical (unpaired) electrons. The third-order valence-corrected chi connectivity index (χ3v) is 3.45. The third kappa shape index (κ3) is 2.36. The molecular weight excluding hydrogens is 259 g/mol. The molecule has 1 unspecified atom stereocenters. The van der Waals surface area contributed by atoms with Crippen molar-refractivity contribution in [2.24, 2.45) is 0 Å². The van der Waals surface area contributed by atoms with Crippen LogP contribution in [0.4, 0.5) is 15.8 Å². The predicted molar refractivity (Wildman–Crippen MR) is 74.0 cm³/mol. The number of carbonyl (C=O) groups is 1. The third-order valence-electron chi connectivity index (χ3n) is 3.45. The second kappa shape index (κ2) is 4.96. The van der Waals surface area contributed by atoms with Crippen LogP contribution in [0, 0.1) is 5.82 Å². The van der Waals surface area contributed by atoms with Gasteiger partial charge in [0, 0.05) is 18.3 Å². The van der Waals surface area contributed by atoms with Crippen molar-refractivity contribution in [1.29, 1.82) is 0 Å². The Kier molecular flexibility index (Phi) is 3.14. The highest BCUT2D eigenvalue weighted by Crippen LogP contribution is 2.30. The van der Waals surface area contributed by atoms with Gasteiger partial charge in [0.2, 0.25) is 5.91 Å². The average Bonchev–Trinajstić information content (AvgIpc) is 2.94. The number of aromatic nitrogens is 2. The van der Waals surface area contributed by atoms with E-state index in [2.05, 4.69) is 20.8 Å². The highest BCUT2D eigenvalue weighted by atomic mass is 19.1. The number of amides is 1. The van der Waals surface area contributed by atoms with Crippen molar-refractivity contribution in [2.75, 3.05) is 10.6 Å². The number of fused-ring (bicyclic) bond motifs is 1. The number of halogens is 1. The second-order valence-corrected chi connectivity index (χ2v) is 4.92. The van der Waals surface area contributed by atoms with Gasteiger partial charge in [-0.2, -0.15) is 5.10 Å². The number of benzene rings is 1. The van der Waals surface area contributed by atoms with Gasteiger partial charge in [-0.1, -0.05) is 0 Å². The van der Waals surface area contributed by atoms with Gasteiger partial charge in [-0.05, 0) is 37.1 Å². The summed E-state index contributed by atoms with van der Waals surface area (Å²) in [6, 6.07) is 4.85. The van der Waals surface area contributed by atoms with Crippen LogP contribution in [-0.2, 0) is 11.2 Å². The number of rotatable bonds is 3. The summed E-state index contributed by atoms with van der Waals surface area (Å²) in [6.07, 6.45) is 2.63. The maximum Gasteiger partial charge on any atom is 0.224 e. The SMILES string of the molecule is CC(Nc1cc2c(cc1F)CCC(=O)N2)c1ccn[nH]1. The van der Waals surface area contributed by atoms with Crippen molar-refractivity contribution in [3.63, 3.8) is 0 Å². The number of H-pyrrole nitrogens is 1. The molecule has 1 aliphatic rings. The van der Waals surface area contributed by atoms with Gasteiger partial charge in [0.1, 0.15) is 5.82 Å². The van der Waals surface area contributed by atoms with Crippen molar-refractivity contribution in [3.05, 3.63) is 41.5 Å². The number of nitrogens with one attached hydrogen (secondary N) is 3. The van der Waals surface area contributed by atoms with E-state index in [1.165, 1.54) is 6.07 Å². The lowest BCUT2D eigenvalue weighted by molar-refractivity contribution is -0.116. The van der Waals surface area contributed by atoms with E-state index in [-0.39, 0.29) is 17.8 Å². The molecule has 3 rings (SSSR count). The Morgan fingerprint density at radius 3 is 3.00 bits per heavy atom. The van der Waals surface area contributed by atoms with Gasteiger partial charge in [0.15, 0.2) is 0 Å². The van der Waals surface area contributed by atoms with Gasteiger partial charge in [0.05, 0.1) is 17.4 Å². The standard InChI is InChI=1S/C14H15FN4O/c1-8(11-4-5-16-19-11)17-13-7-12-9(6-10(13)15)2-3-14(20)18-12/h4-8,17H,2-3H2,1H3,(H,16,19)(H,18,20). The molecule has 1 aromatic heterocycles. The maximum absolute atomic E-state index is 14.1. The molecule has 5 nitrogen and oxygen atoms in total. The zero-order valence-electron chi connectivity index (χ0n) is 11.0. The second-order valence-electron chi connectivity index (χ2n) is 4.92. The van der Waals surface area contributed by atoms with Crippen molar-refractivity contribution in [2.45, 2.75) is 25.8 Å². The van der Waals surface area contributed by atoms with Crippen LogP contribution in [0.2, 0.25) is 0 Å². The van der Waals surface area contributed by atoms with Crippen molar-refractivity contribution in [1.82, 2.24) is 10.2 Å². The van der Waals surface area contributed by atoms with E-state index in [0.717, 1.165) is 11.3 Å².